The molecule has 19 rings (SSSR count). The van der Waals surface area contributed by atoms with Gasteiger partial charge in [-0.15, -0.1) is 11.3 Å². The smallest absolute Gasteiger partial charge is 0.237 e. The fourth-order valence-corrected chi connectivity index (χ4v) is 16.5. The van der Waals surface area contributed by atoms with Gasteiger partial charge in [0.2, 0.25) is 5.69 Å². The molecular formula is C80H44N6S. The van der Waals surface area contributed by atoms with Gasteiger partial charge in [-0.2, -0.15) is 5.26 Å². The van der Waals surface area contributed by atoms with E-state index in [1.54, 1.807) is 11.3 Å². The van der Waals surface area contributed by atoms with E-state index in [1.807, 2.05) is 0 Å². The summed E-state index contributed by atoms with van der Waals surface area (Å²) in [6.07, 6.45) is 0. The summed E-state index contributed by atoms with van der Waals surface area (Å²) in [4.78, 5) is 4.88. The van der Waals surface area contributed by atoms with Crippen LogP contribution in [0.25, 0.3) is 178 Å². The highest BCUT2D eigenvalue weighted by atomic mass is 32.1. The van der Waals surface area contributed by atoms with Crippen molar-refractivity contribution in [2.75, 3.05) is 0 Å². The topological polar surface area (TPSA) is 47.9 Å². The van der Waals surface area contributed by atoms with Gasteiger partial charge < -0.3 is 18.3 Å². The maximum absolute atomic E-state index is 12.8. The molecule has 0 N–H and O–H groups in total. The predicted molar refractivity (Wildman–Crippen MR) is 366 cm³/mol. The molecule has 0 unspecified atom stereocenters. The zero-order valence-electron chi connectivity index (χ0n) is 46.5. The van der Waals surface area contributed by atoms with Crippen LogP contribution in [0.2, 0.25) is 0 Å². The fraction of sp³-hybridized carbons (Fsp3) is 0. The Morgan fingerprint density at radius 2 is 0.667 bits per heavy atom. The second-order valence-corrected chi connectivity index (χ2v) is 23.8. The SMILES string of the molecule is [C-]#[N+]c1c(-n2c3ccccc3c3ccccc32)c(C#N)c(-n2c3ccccc3c3ccccc32)c(-n2c3cccc(-c4cccc5c6ccccc6c6ccccc6c45)c3c3ccc4c5ccccc5sc4c32)c1-n1c2ccccc2c2ccccc21. The van der Waals surface area contributed by atoms with E-state index in [2.05, 4.69) is 291 Å². The summed E-state index contributed by atoms with van der Waals surface area (Å²) in [5.41, 5.74) is 13.0. The first-order valence-corrected chi connectivity index (χ1v) is 30.2. The van der Waals surface area contributed by atoms with Crippen molar-refractivity contribution < 1.29 is 0 Å². The van der Waals surface area contributed by atoms with E-state index in [-0.39, 0.29) is 0 Å². The number of thiophene rings is 1. The van der Waals surface area contributed by atoms with E-state index in [1.165, 1.54) is 42.4 Å². The molecule has 7 heteroatoms. The molecule has 0 spiro atoms. The highest BCUT2D eigenvalue weighted by Gasteiger charge is 2.35. The Labute approximate surface area is 501 Å². The van der Waals surface area contributed by atoms with Crippen molar-refractivity contribution in [2.45, 2.75) is 0 Å². The van der Waals surface area contributed by atoms with Crippen LogP contribution in [0.15, 0.2) is 267 Å². The third-order valence-corrected chi connectivity index (χ3v) is 19.8. The van der Waals surface area contributed by atoms with E-state index in [9.17, 15) is 11.8 Å². The minimum atomic E-state index is 0.353. The summed E-state index contributed by atoms with van der Waals surface area (Å²) in [5.74, 6) is 0. The van der Waals surface area contributed by atoms with E-state index >= 15 is 0 Å². The number of fused-ring (bicyclic) bond motifs is 22. The fourth-order valence-electron chi connectivity index (χ4n) is 15.2. The van der Waals surface area contributed by atoms with Crippen molar-refractivity contribution in [3.05, 3.63) is 284 Å². The van der Waals surface area contributed by atoms with Crippen LogP contribution in [0, 0.1) is 17.9 Å². The lowest BCUT2D eigenvalue weighted by molar-refractivity contribution is 1.03. The maximum Gasteiger partial charge on any atom is 0.237 e. The van der Waals surface area contributed by atoms with Gasteiger partial charge in [-0.1, -0.05) is 218 Å². The summed E-state index contributed by atoms with van der Waals surface area (Å²) in [7, 11) is 0. The molecule has 0 radical (unpaired) electrons. The molecule has 0 amide bonds. The maximum atomic E-state index is 12.8. The molecule has 0 saturated carbocycles. The third-order valence-electron chi connectivity index (χ3n) is 18.6. The molecule has 0 aliphatic heterocycles. The standard InChI is InChI=1S/C80H44N6S/c1-82-74-75(83-64-36-13-6-25-50(64)51-26-7-14-37-65(51)83)63(46-81)76(84-66-38-15-8-27-52(66)53-28-9-16-39-67(53)84)79(78(74)85-68-40-17-10-29-54(68)55-30-11-18-41-69(55)85)86-70-42-21-35-60(73(70)62-45-44-61-56-31-12-19-43-71(56)87-80(61)77(62)86)59-34-20-33-58-49-23-3-2-22-47(49)48-24-4-5-32-57(48)72(58)59/h2-45H. The van der Waals surface area contributed by atoms with E-state index in [0.29, 0.717) is 28.3 Å². The normalized spacial score (nSPS) is 12.1. The quantitative estimate of drug-likeness (QED) is 0.125. The zero-order valence-corrected chi connectivity index (χ0v) is 47.3. The van der Waals surface area contributed by atoms with Gasteiger partial charge in [0, 0.05) is 58.6 Å². The highest BCUT2D eigenvalue weighted by molar-refractivity contribution is 7.26. The summed E-state index contributed by atoms with van der Waals surface area (Å²) < 4.78 is 11.7. The average Bonchev–Trinajstić information content (AvgIpc) is 1.64. The molecule has 19 aromatic rings. The van der Waals surface area contributed by atoms with Gasteiger partial charge in [0.1, 0.15) is 6.07 Å². The van der Waals surface area contributed by atoms with Gasteiger partial charge in [-0.25, -0.2) is 4.85 Å². The molecule has 14 aromatic carbocycles. The lowest BCUT2D eigenvalue weighted by Gasteiger charge is -2.27. The molecule has 87 heavy (non-hydrogen) atoms. The van der Waals surface area contributed by atoms with Gasteiger partial charge in [0.15, 0.2) is 0 Å². The Kier molecular flexibility index (Phi) is 9.81. The first-order valence-electron chi connectivity index (χ1n) is 29.4. The molecule has 0 bridgehead atoms. The predicted octanol–water partition coefficient (Wildman–Crippen LogP) is 22.0. The van der Waals surface area contributed by atoms with Crippen LogP contribution in [-0.4, -0.2) is 18.3 Å². The molecule has 0 fully saturated rings. The number of aromatic nitrogens is 4. The molecule has 0 aliphatic carbocycles. The van der Waals surface area contributed by atoms with Crippen LogP contribution in [0.5, 0.6) is 0 Å². The number of benzene rings is 14. The first kappa shape index (κ1) is 47.7. The molecule has 0 aliphatic rings. The Morgan fingerprint density at radius 1 is 0.299 bits per heavy atom. The molecule has 5 aromatic heterocycles. The van der Waals surface area contributed by atoms with Crippen molar-refractivity contribution in [1.29, 1.82) is 5.26 Å². The van der Waals surface area contributed by atoms with E-state index < -0.39 is 0 Å². The molecule has 0 atom stereocenters. The minimum Gasteiger partial charge on any atom is -0.318 e. The Balaban J connectivity index is 1.12. The van der Waals surface area contributed by atoms with Crippen molar-refractivity contribution >= 4 is 157 Å². The first-order chi connectivity index (χ1) is 43.2. The number of hydrogen-bond acceptors (Lipinski definition) is 2. The zero-order chi connectivity index (χ0) is 57.2. The van der Waals surface area contributed by atoms with Crippen LogP contribution in [-0.2, 0) is 0 Å². The van der Waals surface area contributed by atoms with Crippen molar-refractivity contribution in [3.63, 3.8) is 0 Å². The van der Waals surface area contributed by atoms with Crippen LogP contribution >= 0.6 is 11.3 Å². The van der Waals surface area contributed by atoms with Crippen LogP contribution in [0.3, 0.4) is 0 Å². The summed E-state index contributed by atoms with van der Waals surface area (Å²) in [6, 6.07) is 98.8. The summed E-state index contributed by atoms with van der Waals surface area (Å²) in [5, 5.41) is 30.8. The van der Waals surface area contributed by atoms with Gasteiger partial charge in [-0.05, 0) is 92.0 Å². The number of nitrogens with zero attached hydrogens (tertiary/aromatic N) is 6. The molecule has 400 valence electrons. The average molecular weight is 1120 g/mol. The molecule has 5 heterocycles. The monoisotopic (exact) mass is 1120 g/mol. The van der Waals surface area contributed by atoms with Gasteiger partial charge in [0.05, 0.1) is 83.7 Å². The van der Waals surface area contributed by atoms with Crippen molar-refractivity contribution in [1.82, 2.24) is 18.3 Å². The highest BCUT2D eigenvalue weighted by Crippen LogP contribution is 2.55. The summed E-state index contributed by atoms with van der Waals surface area (Å²) in [6.45, 7) is 10.0. The van der Waals surface area contributed by atoms with E-state index in [0.717, 1.165) is 114 Å². The van der Waals surface area contributed by atoms with Crippen molar-refractivity contribution in [2.24, 2.45) is 0 Å². The number of nitriles is 1. The molecule has 6 nitrogen and oxygen atoms in total. The molecule has 0 saturated heterocycles. The third kappa shape index (κ3) is 6.29. The number of para-hydroxylation sites is 6. The Morgan fingerprint density at radius 3 is 1.16 bits per heavy atom. The van der Waals surface area contributed by atoms with Crippen molar-refractivity contribution in [3.8, 4) is 39.9 Å². The second kappa shape index (κ2) is 17.9. The molecular weight excluding hydrogens is 1080 g/mol. The van der Waals surface area contributed by atoms with Gasteiger partial charge in [-0.3, -0.25) is 0 Å². The Bertz CT molecular complexity index is 6010. The Hall–Kier alpha value is -11.7. The minimum absolute atomic E-state index is 0.353. The number of hydrogen-bond donors (Lipinski definition) is 0. The lowest BCUT2D eigenvalue weighted by atomic mass is 9.88. The lowest BCUT2D eigenvalue weighted by Crippen LogP contribution is -2.14. The van der Waals surface area contributed by atoms with E-state index in [4.69, 9.17) is 4.85 Å². The number of rotatable bonds is 5. The van der Waals surface area contributed by atoms with Crippen LogP contribution in [0.4, 0.5) is 5.69 Å². The van der Waals surface area contributed by atoms with Crippen LogP contribution in [0.1, 0.15) is 5.56 Å². The van der Waals surface area contributed by atoms with Gasteiger partial charge in [0.25, 0.3) is 0 Å². The van der Waals surface area contributed by atoms with Crippen LogP contribution < -0.4 is 0 Å². The largest absolute Gasteiger partial charge is 0.318 e. The summed E-state index contributed by atoms with van der Waals surface area (Å²) >= 11 is 1.80. The second-order valence-electron chi connectivity index (χ2n) is 22.7. The van der Waals surface area contributed by atoms with Gasteiger partial charge >= 0.3 is 0 Å².